The minimum Gasteiger partial charge on any atom is -0.392 e. The van der Waals surface area contributed by atoms with Crippen LogP contribution in [0.2, 0.25) is 0 Å². The third-order valence-electron chi connectivity index (χ3n) is 3.89. The minimum atomic E-state index is -3.35. The van der Waals surface area contributed by atoms with Gasteiger partial charge in [-0.1, -0.05) is 12.1 Å². The Bertz CT molecular complexity index is 642. The number of amides is 1. The second kappa shape index (κ2) is 7.39. The van der Waals surface area contributed by atoms with Crippen LogP contribution >= 0.6 is 0 Å². The zero-order chi connectivity index (χ0) is 17.0. The van der Waals surface area contributed by atoms with Crippen LogP contribution in [0.3, 0.4) is 0 Å². The number of carbonyl (C=O) groups excluding carboxylic acids is 1. The lowest BCUT2D eigenvalue weighted by Crippen LogP contribution is -2.43. The first-order valence-electron chi connectivity index (χ1n) is 7.32. The molecule has 2 atom stereocenters. The molecule has 1 amide bonds. The van der Waals surface area contributed by atoms with Crippen LogP contribution in [0, 0.1) is 5.92 Å². The standard InChI is InChI=1S/C15H22N2O5S/c1-17(2)23(20,21)10-13-8-22-9-14(13)16-15(19)12-5-3-11(7-18)4-6-12/h3-6,13-14,18H,7-10H2,1-2H3,(H,16,19)/t13-,14-/m0/s1. The smallest absolute Gasteiger partial charge is 0.251 e. The van der Waals surface area contributed by atoms with Crippen LogP contribution in [0.15, 0.2) is 24.3 Å². The van der Waals surface area contributed by atoms with Crippen LogP contribution in [0.1, 0.15) is 15.9 Å². The van der Waals surface area contributed by atoms with Gasteiger partial charge in [0.25, 0.3) is 5.91 Å². The number of hydrogen-bond donors (Lipinski definition) is 2. The van der Waals surface area contributed by atoms with Crippen LogP contribution in [-0.2, 0) is 21.4 Å². The highest BCUT2D eigenvalue weighted by molar-refractivity contribution is 7.89. The highest BCUT2D eigenvalue weighted by Crippen LogP contribution is 2.18. The SMILES string of the molecule is CN(C)S(=O)(=O)C[C@@H]1COC[C@@H]1NC(=O)c1ccc(CO)cc1. The van der Waals surface area contributed by atoms with E-state index >= 15 is 0 Å². The molecule has 1 saturated heterocycles. The number of sulfonamides is 1. The predicted molar refractivity (Wildman–Crippen MR) is 85.4 cm³/mol. The lowest BCUT2D eigenvalue weighted by molar-refractivity contribution is 0.0926. The van der Waals surface area contributed by atoms with Gasteiger partial charge in [-0.3, -0.25) is 4.79 Å². The molecular formula is C15H22N2O5S. The van der Waals surface area contributed by atoms with E-state index in [2.05, 4.69) is 5.32 Å². The maximum absolute atomic E-state index is 12.3. The van der Waals surface area contributed by atoms with Crippen molar-refractivity contribution in [1.82, 2.24) is 9.62 Å². The van der Waals surface area contributed by atoms with E-state index in [0.29, 0.717) is 18.8 Å². The molecule has 0 spiro atoms. The first kappa shape index (κ1) is 17.9. The Hall–Kier alpha value is -1.48. The van der Waals surface area contributed by atoms with Gasteiger partial charge < -0.3 is 15.2 Å². The molecule has 1 aromatic carbocycles. The molecule has 0 bridgehead atoms. The number of aliphatic hydroxyl groups is 1. The maximum atomic E-state index is 12.3. The summed E-state index contributed by atoms with van der Waals surface area (Å²) in [6.45, 7) is 0.526. The summed E-state index contributed by atoms with van der Waals surface area (Å²) in [6.07, 6.45) is 0. The maximum Gasteiger partial charge on any atom is 0.251 e. The van der Waals surface area contributed by atoms with Gasteiger partial charge in [-0.15, -0.1) is 0 Å². The molecule has 0 unspecified atom stereocenters. The molecule has 8 heteroatoms. The molecule has 23 heavy (non-hydrogen) atoms. The van der Waals surface area contributed by atoms with Crippen LogP contribution < -0.4 is 5.32 Å². The van der Waals surface area contributed by atoms with Crippen molar-refractivity contribution < 1.29 is 23.1 Å². The van der Waals surface area contributed by atoms with E-state index in [1.54, 1.807) is 24.3 Å². The van der Waals surface area contributed by atoms with E-state index in [-0.39, 0.29) is 30.2 Å². The lowest BCUT2D eigenvalue weighted by atomic mass is 10.1. The van der Waals surface area contributed by atoms with Crippen LogP contribution in [0.5, 0.6) is 0 Å². The Labute approximate surface area is 136 Å². The number of rotatable bonds is 6. The largest absolute Gasteiger partial charge is 0.392 e. The molecule has 0 aliphatic carbocycles. The molecule has 0 aromatic heterocycles. The topological polar surface area (TPSA) is 95.9 Å². The zero-order valence-electron chi connectivity index (χ0n) is 13.2. The molecule has 2 rings (SSSR count). The molecule has 0 radical (unpaired) electrons. The van der Waals surface area contributed by atoms with E-state index in [0.717, 1.165) is 5.56 Å². The summed E-state index contributed by atoms with van der Waals surface area (Å²) in [5.41, 5.74) is 1.18. The molecule has 1 aliphatic heterocycles. The fourth-order valence-electron chi connectivity index (χ4n) is 2.36. The molecule has 1 fully saturated rings. The van der Waals surface area contributed by atoms with E-state index in [9.17, 15) is 13.2 Å². The summed E-state index contributed by atoms with van der Waals surface area (Å²) in [6, 6.07) is 6.27. The first-order chi connectivity index (χ1) is 10.8. The predicted octanol–water partition coefficient (Wildman–Crippen LogP) is -0.185. The fourth-order valence-corrected chi connectivity index (χ4v) is 3.52. The van der Waals surface area contributed by atoms with Crippen molar-refractivity contribution in [1.29, 1.82) is 0 Å². The summed E-state index contributed by atoms with van der Waals surface area (Å²) in [4.78, 5) is 12.3. The van der Waals surface area contributed by atoms with Crippen molar-refractivity contribution in [2.75, 3.05) is 33.1 Å². The second-order valence-corrected chi connectivity index (χ2v) is 8.02. The molecule has 2 N–H and O–H groups in total. The highest BCUT2D eigenvalue weighted by Gasteiger charge is 2.34. The average Bonchev–Trinajstić information content (AvgIpc) is 2.93. The van der Waals surface area contributed by atoms with E-state index in [1.807, 2.05) is 0 Å². The van der Waals surface area contributed by atoms with Gasteiger partial charge in [0.05, 0.1) is 31.6 Å². The Morgan fingerprint density at radius 1 is 1.30 bits per heavy atom. The summed E-state index contributed by atoms with van der Waals surface area (Å²) in [5.74, 6) is -0.616. The van der Waals surface area contributed by atoms with Gasteiger partial charge >= 0.3 is 0 Å². The lowest BCUT2D eigenvalue weighted by Gasteiger charge is -2.21. The van der Waals surface area contributed by atoms with Crippen molar-refractivity contribution >= 4 is 15.9 Å². The molecular weight excluding hydrogens is 320 g/mol. The molecule has 1 aromatic rings. The Morgan fingerprint density at radius 2 is 1.96 bits per heavy atom. The third-order valence-corrected chi connectivity index (χ3v) is 5.86. The number of carbonyl (C=O) groups is 1. The number of nitrogens with one attached hydrogen (secondary N) is 1. The molecule has 7 nitrogen and oxygen atoms in total. The summed E-state index contributed by atoms with van der Waals surface area (Å²) >= 11 is 0. The average molecular weight is 342 g/mol. The van der Waals surface area contributed by atoms with Crippen molar-refractivity contribution in [3.05, 3.63) is 35.4 Å². The normalized spacial score (nSPS) is 21.6. The molecule has 1 heterocycles. The van der Waals surface area contributed by atoms with Gasteiger partial charge in [0, 0.05) is 25.6 Å². The Morgan fingerprint density at radius 3 is 2.52 bits per heavy atom. The van der Waals surface area contributed by atoms with Crippen molar-refractivity contribution in [3.63, 3.8) is 0 Å². The Balaban J connectivity index is 2.01. The van der Waals surface area contributed by atoms with Crippen molar-refractivity contribution in [3.8, 4) is 0 Å². The van der Waals surface area contributed by atoms with Crippen molar-refractivity contribution in [2.24, 2.45) is 5.92 Å². The quantitative estimate of drug-likeness (QED) is 0.747. The van der Waals surface area contributed by atoms with E-state index < -0.39 is 10.0 Å². The van der Waals surface area contributed by atoms with Crippen LogP contribution in [-0.4, -0.2) is 62.8 Å². The summed E-state index contributed by atoms with van der Waals surface area (Å²) in [7, 11) is -0.375. The van der Waals surface area contributed by atoms with Crippen LogP contribution in [0.25, 0.3) is 0 Å². The monoisotopic (exact) mass is 342 g/mol. The number of aliphatic hydroxyl groups excluding tert-OH is 1. The zero-order valence-corrected chi connectivity index (χ0v) is 14.0. The Kier molecular flexibility index (Phi) is 5.74. The van der Waals surface area contributed by atoms with Gasteiger partial charge in [0.15, 0.2) is 0 Å². The second-order valence-electron chi connectivity index (χ2n) is 5.79. The van der Waals surface area contributed by atoms with E-state index in [1.165, 1.54) is 18.4 Å². The van der Waals surface area contributed by atoms with Gasteiger partial charge in [0.1, 0.15) is 0 Å². The third kappa shape index (κ3) is 4.51. The van der Waals surface area contributed by atoms with Gasteiger partial charge in [0.2, 0.25) is 10.0 Å². The molecule has 0 saturated carbocycles. The molecule has 1 aliphatic rings. The van der Waals surface area contributed by atoms with Gasteiger partial charge in [-0.05, 0) is 17.7 Å². The number of nitrogens with zero attached hydrogens (tertiary/aromatic N) is 1. The number of hydrogen-bond acceptors (Lipinski definition) is 5. The van der Waals surface area contributed by atoms with Crippen LogP contribution in [0.4, 0.5) is 0 Å². The summed E-state index contributed by atoms with van der Waals surface area (Å²) in [5, 5.41) is 11.8. The highest BCUT2D eigenvalue weighted by atomic mass is 32.2. The number of benzene rings is 1. The minimum absolute atomic E-state index is 0.0611. The van der Waals surface area contributed by atoms with Crippen molar-refractivity contribution in [2.45, 2.75) is 12.6 Å². The first-order valence-corrected chi connectivity index (χ1v) is 8.93. The van der Waals surface area contributed by atoms with Gasteiger partial charge in [-0.2, -0.15) is 0 Å². The number of ether oxygens (including phenoxy) is 1. The fraction of sp³-hybridized carbons (Fsp3) is 0.533. The van der Waals surface area contributed by atoms with Gasteiger partial charge in [-0.25, -0.2) is 12.7 Å². The molecule has 128 valence electrons. The summed E-state index contributed by atoms with van der Waals surface area (Å²) < 4.78 is 30.5. The van der Waals surface area contributed by atoms with E-state index in [4.69, 9.17) is 9.84 Å².